The van der Waals surface area contributed by atoms with Crippen LogP contribution in [-0.2, 0) is 23.8 Å². The Labute approximate surface area is 176 Å². The molecule has 1 fully saturated rings. The summed E-state index contributed by atoms with van der Waals surface area (Å²) in [6.45, 7) is 5.67. The molecule has 0 spiro atoms. The Morgan fingerprint density at radius 1 is 1.27 bits per heavy atom. The molecular formula is C20H28FNO7S. The summed E-state index contributed by atoms with van der Waals surface area (Å²) in [6, 6.07) is 4.13. The van der Waals surface area contributed by atoms with Gasteiger partial charge in [-0.15, -0.1) is 0 Å². The molecule has 1 aromatic rings. The molecule has 168 valence electrons. The van der Waals surface area contributed by atoms with Crippen molar-refractivity contribution in [3.63, 3.8) is 0 Å². The van der Waals surface area contributed by atoms with Gasteiger partial charge in [0.2, 0.25) is 0 Å². The van der Waals surface area contributed by atoms with Crippen molar-refractivity contribution in [2.75, 3.05) is 33.1 Å². The fourth-order valence-corrected chi connectivity index (χ4v) is 3.81. The molecule has 30 heavy (non-hydrogen) atoms. The van der Waals surface area contributed by atoms with Crippen molar-refractivity contribution in [2.24, 2.45) is 5.92 Å². The molecule has 0 aliphatic carbocycles. The van der Waals surface area contributed by atoms with Crippen LogP contribution >= 0.6 is 0 Å². The van der Waals surface area contributed by atoms with Gasteiger partial charge in [0.05, 0.1) is 25.5 Å². The number of hydrogen-bond donors (Lipinski definition) is 0. The first-order chi connectivity index (χ1) is 13.8. The molecule has 1 saturated heterocycles. The van der Waals surface area contributed by atoms with Crippen molar-refractivity contribution in [1.82, 2.24) is 4.90 Å². The van der Waals surface area contributed by atoms with Gasteiger partial charge in [0.25, 0.3) is 10.1 Å². The molecule has 2 atom stereocenters. The molecule has 0 bridgehead atoms. The zero-order valence-corrected chi connectivity index (χ0v) is 18.6. The zero-order valence-electron chi connectivity index (χ0n) is 17.8. The predicted molar refractivity (Wildman–Crippen MR) is 107 cm³/mol. The van der Waals surface area contributed by atoms with Gasteiger partial charge in [-0.2, -0.15) is 8.42 Å². The first kappa shape index (κ1) is 24.1. The lowest BCUT2D eigenvalue weighted by Gasteiger charge is -2.39. The normalized spacial score (nSPS) is 20.0. The third-order valence-corrected chi connectivity index (χ3v) is 5.27. The highest BCUT2D eigenvalue weighted by atomic mass is 32.2. The minimum absolute atomic E-state index is 0.159. The maximum atomic E-state index is 14.0. The third kappa shape index (κ3) is 6.66. The van der Waals surface area contributed by atoms with Crippen LogP contribution in [0.1, 0.15) is 49.0 Å². The topological polar surface area (TPSA) is 99.2 Å². The fourth-order valence-electron chi connectivity index (χ4n) is 3.38. The lowest BCUT2D eigenvalue weighted by Crippen LogP contribution is -2.46. The Bertz CT molecular complexity index is 895. The van der Waals surface area contributed by atoms with Gasteiger partial charge in [0.15, 0.2) is 0 Å². The van der Waals surface area contributed by atoms with Crippen LogP contribution in [0.5, 0.6) is 0 Å². The Morgan fingerprint density at radius 2 is 1.93 bits per heavy atom. The van der Waals surface area contributed by atoms with Gasteiger partial charge in [-0.25, -0.2) is 14.0 Å². The Morgan fingerprint density at radius 3 is 2.50 bits per heavy atom. The number of nitrogens with zero attached hydrogens (tertiary/aromatic N) is 1. The zero-order chi connectivity index (χ0) is 22.7. The maximum Gasteiger partial charge on any atom is 0.410 e. The van der Waals surface area contributed by atoms with Gasteiger partial charge in [0.1, 0.15) is 11.4 Å². The molecule has 1 amide bonds. The average molecular weight is 446 g/mol. The number of esters is 1. The minimum atomic E-state index is -3.70. The second-order valence-corrected chi connectivity index (χ2v) is 9.95. The number of carbonyl (C=O) groups is 2. The van der Waals surface area contributed by atoms with Gasteiger partial charge in [0, 0.05) is 19.0 Å². The quantitative estimate of drug-likeness (QED) is 0.507. The van der Waals surface area contributed by atoms with Crippen molar-refractivity contribution in [1.29, 1.82) is 0 Å². The molecule has 1 heterocycles. The number of piperidine rings is 1. The third-order valence-electron chi connectivity index (χ3n) is 4.71. The standard InChI is InChI=1S/C20H28FNO7S/c1-20(2,3)29-19(24)22-9-8-15(14(11-22)12-28-30(5,25)26)13-6-7-17(21)16(10-13)18(23)27-4/h6-7,10,14-15H,8-9,11-12H2,1-5H3. The Kier molecular flexibility index (Phi) is 7.46. The van der Waals surface area contributed by atoms with E-state index in [1.54, 1.807) is 26.8 Å². The monoisotopic (exact) mass is 445 g/mol. The van der Waals surface area contributed by atoms with E-state index >= 15 is 0 Å². The number of carbonyl (C=O) groups excluding carboxylic acids is 2. The van der Waals surface area contributed by atoms with Crippen molar-refractivity contribution >= 4 is 22.2 Å². The molecule has 0 saturated carbocycles. The van der Waals surface area contributed by atoms with Crippen molar-refractivity contribution in [3.05, 3.63) is 35.1 Å². The largest absolute Gasteiger partial charge is 0.465 e. The molecule has 8 nitrogen and oxygen atoms in total. The van der Waals surface area contributed by atoms with E-state index in [2.05, 4.69) is 4.74 Å². The highest BCUT2D eigenvalue weighted by Crippen LogP contribution is 2.35. The van der Waals surface area contributed by atoms with E-state index in [1.165, 1.54) is 17.0 Å². The number of ether oxygens (including phenoxy) is 2. The van der Waals surface area contributed by atoms with Crippen LogP contribution in [0.4, 0.5) is 9.18 Å². The summed E-state index contributed by atoms with van der Waals surface area (Å²) >= 11 is 0. The van der Waals surface area contributed by atoms with Crippen molar-refractivity contribution in [3.8, 4) is 0 Å². The summed E-state index contributed by atoms with van der Waals surface area (Å²) in [6.07, 6.45) is 0.909. The predicted octanol–water partition coefficient (Wildman–Crippen LogP) is 2.93. The molecule has 0 radical (unpaired) electrons. The van der Waals surface area contributed by atoms with Crippen LogP contribution in [0.3, 0.4) is 0 Å². The Balaban J connectivity index is 2.29. The summed E-state index contributed by atoms with van der Waals surface area (Å²) < 4.78 is 52.1. The van der Waals surface area contributed by atoms with Gasteiger partial charge < -0.3 is 14.4 Å². The van der Waals surface area contributed by atoms with Gasteiger partial charge in [-0.05, 0) is 50.8 Å². The van der Waals surface area contributed by atoms with E-state index < -0.39 is 39.5 Å². The maximum absolute atomic E-state index is 14.0. The lowest BCUT2D eigenvalue weighted by molar-refractivity contribution is 0.0114. The van der Waals surface area contributed by atoms with Crippen molar-refractivity contribution in [2.45, 2.75) is 38.7 Å². The molecule has 0 N–H and O–H groups in total. The second kappa shape index (κ2) is 9.30. The van der Waals surface area contributed by atoms with Crippen LogP contribution in [0, 0.1) is 11.7 Å². The summed E-state index contributed by atoms with van der Waals surface area (Å²) in [5.41, 5.74) is -0.228. The number of likely N-dealkylation sites (tertiary alicyclic amines) is 1. The van der Waals surface area contributed by atoms with Crippen LogP contribution in [0.2, 0.25) is 0 Å². The molecule has 1 aromatic carbocycles. The highest BCUT2D eigenvalue weighted by molar-refractivity contribution is 7.85. The number of rotatable bonds is 5. The minimum Gasteiger partial charge on any atom is -0.465 e. The Hall–Kier alpha value is -2.20. The molecule has 10 heteroatoms. The summed E-state index contributed by atoms with van der Waals surface area (Å²) in [5.74, 6) is -2.17. The molecule has 0 aromatic heterocycles. The van der Waals surface area contributed by atoms with E-state index in [0.717, 1.165) is 13.4 Å². The smallest absolute Gasteiger partial charge is 0.410 e. The first-order valence-corrected chi connectivity index (χ1v) is 11.3. The summed E-state index contributed by atoms with van der Waals surface area (Å²) in [4.78, 5) is 25.8. The molecule has 1 aliphatic rings. The van der Waals surface area contributed by atoms with E-state index in [-0.39, 0.29) is 24.6 Å². The second-order valence-electron chi connectivity index (χ2n) is 8.30. The number of benzene rings is 1. The van der Waals surface area contributed by atoms with E-state index in [9.17, 15) is 22.4 Å². The molecule has 2 rings (SSSR count). The van der Waals surface area contributed by atoms with Gasteiger partial charge in [-0.3, -0.25) is 4.18 Å². The number of halogens is 1. The van der Waals surface area contributed by atoms with E-state index in [0.29, 0.717) is 18.5 Å². The fraction of sp³-hybridized carbons (Fsp3) is 0.600. The number of hydrogen-bond acceptors (Lipinski definition) is 7. The first-order valence-electron chi connectivity index (χ1n) is 9.51. The summed E-state index contributed by atoms with van der Waals surface area (Å²) in [7, 11) is -2.53. The van der Waals surface area contributed by atoms with E-state index in [4.69, 9.17) is 8.92 Å². The highest BCUT2D eigenvalue weighted by Gasteiger charge is 2.35. The SMILES string of the molecule is COC(=O)c1cc(C2CCN(C(=O)OC(C)(C)C)CC2COS(C)(=O)=O)ccc1F. The molecule has 1 aliphatic heterocycles. The van der Waals surface area contributed by atoms with Crippen molar-refractivity contribution < 1.29 is 36.1 Å². The molecular weight excluding hydrogens is 417 g/mol. The van der Waals surface area contributed by atoms with Gasteiger partial charge >= 0.3 is 12.1 Å². The van der Waals surface area contributed by atoms with Crippen LogP contribution in [0.25, 0.3) is 0 Å². The average Bonchev–Trinajstić information content (AvgIpc) is 2.64. The van der Waals surface area contributed by atoms with Gasteiger partial charge in [-0.1, -0.05) is 6.07 Å². The number of amides is 1. The number of methoxy groups -OCH3 is 1. The van der Waals surface area contributed by atoms with Crippen LogP contribution in [-0.4, -0.2) is 64.0 Å². The van der Waals surface area contributed by atoms with Crippen LogP contribution in [0.15, 0.2) is 18.2 Å². The summed E-state index contributed by atoms with van der Waals surface area (Å²) in [5, 5.41) is 0. The molecule has 2 unspecified atom stereocenters. The lowest BCUT2D eigenvalue weighted by atomic mass is 9.80. The van der Waals surface area contributed by atoms with E-state index in [1.807, 2.05) is 0 Å². The van der Waals surface area contributed by atoms with Crippen LogP contribution < -0.4 is 0 Å².